The molecule has 2 aliphatic rings. The van der Waals surface area contributed by atoms with Gasteiger partial charge in [0, 0.05) is 12.7 Å². The summed E-state index contributed by atoms with van der Waals surface area (Å²) in [7, 11) is 0. The van der Waals surface area contributed by atoms with Crippen LogP contribution in [0.1, 0.15) is 32.1 Å². The number of guanidine groups is 1. The summed E-state index contributed by atoms with van der Waals surface area (Å²) in [4.78, 5) is 18.9. The molecule has 0 radical (unpaired) electrons. The lowest BCUT2D eigenvalue weighted by Gasteiger charge is -2.41. The molecule has 0 amide bonds. The van der Waals surface area contributed by atoms with Gasteiger partial charge >= 0.3 is 0 Å². The number of pyridine rings is 1. The number of hydrogen-bond donors (Lipinski definition) is 1. The third-order valence-corrected chi connectivity index (χ3v) is 5.35. The molecule has 144 valence electrons. The van der Waals surface area contributed by atoms with Crippen LogP contribution in [0.3, 0.4) is 0 Å². The number of fused-ring (bicyclic) bond motifs is 5. The molecule has 1 aromatic carbocycles. The van der Waals surface area contributed by atoms with Crippen LogP contribution in [0.5, 0.6) is 0 Å². The van der Waals surface area contributed by atoms with Crippen molar-refractivity contribution in [2.75, 3.05) is 24.8 Å². The second-order valence-corrected chi connectivity index (χ2v) is 7.84. The van der Waals surface area contributed by atoms with E-state index in [0.717, 1.165) is 41.8 Å². The average Bonchev–Trinajstić information content (AvgIpc) is 3.12. The van der Waals surface area contributed by atoms with Gasteiger partial charge in [0.25, 0.3) is 0 Å². The maximum atomic E-state index is 4.96. The second kappa shape index (κ2) is 6.91. The molecule has 28 heavy (non-hydrogen) atoms. The Morgan fingerprint density at radius 3 is 2.82 bits per heavy atom. The van der Waals surface area contributed by atoms with E-state index in [4.69, 9.17) is 9.98 Å². The Kier molecular flexibility index (Phi) is 4.24. The molecule has 1 N–H and O–H groups in total. The van der Waals surface area contributed by atoms with Crippen LogP contribution >= 0.6 is 0 Å². The Morgan fingerprint density at radius 1 is 1.14 bits per heavy atom. The predicted octanol–water partition coefficient (Wildman–Crippen LogP) is 3.02. The van der Waals surface area contributed by atoms with E-state index in [1.54, 1.807) is 0 Å². The molecular weight excluding hydrogens is 350 g/mol. The maximum absolute atomic E-state index is 4.96. The highest BCUT2D eigenvalue weighted by atomic mass is 15.5. The highest BCUT2D eigenvalue weighted by Gasteiger charge is 2.36. The first-order valence-electron chi connectivity index (χ1n) is 9.89. The van der Waals surface area contributed by atoms with Gasteiger partial charge in [-0.25, -0.2) is 9.98 Å². The Bertz CT molecular complexity index is 1010. The van der Waals surface area contributed by atoms with Crippen LogP contribution in [0, 0.1) is 5.92 Å². The smallest absolute Gasteiger partial charge is 0.216 e. The van der Waals surface area contributed by atoms with Crippen LogP contribution in [0.2, 0.25) is 0 Å². The molecule has 0 saturated carbocycles. The van der Waals surface area contributed by atoms with E-state index in [-0.39, 0.29) is 6.17 Å². The lowest BCUT2D eigenvalue weighted by Crippen LogP contribution is -2.57. The van der Waals surface area contributed by atoms with E-state index in [1.807, 2.05) is 30.5 Å². The number of nitrogens with one attached hydrogen (secondary N) is 1. The highest BCUT2D eigenvalue weighted by molar-refractivity contribution is 5.98. The largest absolute Gasteiger partial charge is 0.330 e. The quantitative estimate of drug-likeness (QED) is 0.760. The number of aliphatic imine (C=N–C) groups is 1. The van der Waals surface area contributed by atoms with Gasteiger partial charge in [0.05, 0.1) is 30.1 Å². The van der Waals surface area contributed by atoms with Crippen molar-refractivity contribution >= 4 is 22.9 Å². The van der Waals surface area contributed by atoms with Gasteiger partial charge in [-0.05, 0) is 36.6 Å². The number of benzene rings is 1. The summed E-state index contributed by atoms with van der Waals surface area (Å²) in [5.41, 5.74) is 3.04. The molecule has 7 nitrogen and oxygen atoms in total. The van der Waals surface area contributed by atoms with Crippen LogP contribution in [0.4, 0.5) is 5.95 Å². The van der Waals surface area contributed by atoms with E-state index in [9.17, 15) is 0 Å². The zero-order valence-electron chi connectivity index (χ0n) is 16.3. The third kappa shape index (κ3) is 2.92. The summed E-state index contributed by atoms with van der Waals surface area (Å²) < 4.78 is 2.24. The van der Waals surface area contributed by atoms with Crippen molar-refractivity contribution in [1.29, 1.82) is 0 Å². The Hall–Kier alpha value is -2.93. The Balaban J connectivity index is 1.58. The second-order valence-electron chi connectivity index (χ2n) is 7.84. The molecule has 5 rings (SSSR count). The Morgan fingerprint density at radius 2 is 2.00 bits per heavy atom. The Labute approximate surface area is 164 Å². The molecule has 0 saturated heterocycles. The van der Waals surface area contributed by atoms with Crippen molar-refractivity contribution in [2.24, 2.45) is 10.9 Å². The standard InChI is InChI=1S/C21H25N7/c1-15(2)10-12-26-13-23-20-25-19(17-8-5-6-11-22-17)28-18-9-4-3-7-16(18)24-21(28)27(20)14-26/h3-9,11,15,19H,10,12-14H2,1-2H3,(H,23,25)/t19-/m1/s1. The summed E-state index contributed by atoms with van der Waals surface area (Å²) in [6.45, 7) is 7.06. The molecule has 0 unspecified atom stereocenters. The van der Waals surface area contributed by atoms with Gasteiger partial charge < -0.3 is 5.32 Å². The minimum Gasteiger partial charge on any atom is -0.330 e. The molecule has 0 bridgehead atoms. The van der Waals surface area contributed by atoms with E-state index < -0.39 is 0 Å². The number of aromatic nitrogens is 3. The molecule has 0 aliphatic carbocycles. The first-order valence-corrected chi connectivity index (χ1v) is 9.89. The van der Waals surface area contributed by atoms with Gasteiger partial charge in [-0.15, -0.1) is 0 Å². The van der Waals surface area contributed by atoms with E-state index >= 15 is 0 Å². The number of para-hydroxylation sites is 2. The van der Waals surface area contributed by atoms with E-state index in [1.165, 1.54) is 6.42 Å². The van der Waals surface area contributed by atoms with Crippen molar-refractivity contribution in [1.82, 2.24) is 24.8 Å². The summed E-state index contributed by atoms with van der Waals surface area (Å²) in [5.74, 6) is 2.48. The summed E-state index contributed by atoms with van der Waals surface area (Å²) in [6, 6.07) is 14.3. The monoisotopic (exact) mass is 375 g/mol. The summed E-state index contributed by atoms with van der Waals surface area (Å²) in [6.07, 6.45) is 2.87. The van der Waals surface area contributed by atoms with Gasteiger partial charge in [-0.1, -0.05) is 32.0 Å². The van der Waals surface area contributed by atoms with Crippen molar-refractivity contribution in [2.45, 2.75) is 26.4 Å². The zero-order chi connectivity index (χ0) is 19.1. The van der Waals surface area contributed by atoms with E-state index in [2.05, 4.69) is 56.7 Å². The molecule has 2 aliphatic heterocycles. The average molecular weight is 375 g/mol. The molecule has 1 atom stereocenters. The molecule has 4 heterocycles. The van der Waals surface area contributed by atoms with Crippen LogP contribution in [0.15, 0.2) is 53.7 Å². The maximum Gasteiger partial charge on any atom is 0.216 e. The molecule has 2 aromatic heterocycles. The highest BCUT2D eigenvalue weighted by Crippen LogP contribution is 2.33. The number of hydrogen-bond acceptors (Lipinski definition) is 6. The molecular formula is C21H25N7. The topological polar surface area (TPSA) is 61.6 Å². The normalized spacial score (nSPS) is 19.3. The predicted molar refractivity (Wildman–Crippen MR) is 111 cm³/mol. The fourth-order valence-corrected chi connectivity index (χ4v) is 3.84. The zero-order valence-corrected chi connectivity index (χ0v) is 16.3. The van der Waals surface area contributed by atoms with Gasteiger partial charge in [0.2, 0.25) is 11.9 Å². The number of rotatable bonds is 4. The van der Waals surface area contributed by atoms with Crippen LogP contribution in [-0.2, 0) is 0 Å². The number of imidazole rings is 1. The number of nitrogens with zero attached hydrogens (tertiary/aromatic N) is 6. The first kappa shape index (κ1) is 17.2. The lowest BCUT2D eigenvalue weighted by atomic mass is 10.1. The lowest BCUT2D eigenvalue weighted by molar-refractivity contribution is 0.256. The first-order chi connectivity index (χ1) is 13.7. The summed E-state index contributed by atoms with van der Waals surface area (Å²) >= 11 is 0. The fraction of sp³-hybridized carbons (Fsp3) is 0.381. The minimum atomic E-state index is -0.124. The van der Waals surface area contributed by atoms with Gasteiger partial charge in [-0.3, -0.25) is 19.4 Å². The fourth-order valence-electron chi connectivity index (χ4n) is 3.84. The van der Waals surface area contributed by atoms with Crippen LogP contribution < -0.4 is 10.2 Å². The SMILES string of the molecule is CC(C)CCN1CN=C2N[C@@H](c3ccccn3)n3c(nc4ccccc43)N2C1. The van der Waals surface area contributed by atoms with Gasteiger partial charge in [-0.2, -0.15) is 0 Å². The van der Waals surface area contributed by atoms with Gasteiger partial charge in [0.15, 0.2) is 6.17 Å². The summed E-state index contributed by atoms with van der Waals surface area (Å²) in [5, 5.41) is 3.60. The van der Waals surface area contributed by atoms with E-state index in [0.29, 0.717) is 12.6 Å². The molecule has 0 spiro atoms. The van der Waals surface area contributed by atoms with Gasteiger partial charge in [0.1, 0.15) is 0 Å². The molecule has 7 heteroatoms. The van der Waals surface area contributed by atoms with Crippen molar-refractivity contribution in [3.8, 4) is 0 Å². The van der Waals surface area contributed by atoms with Crippen LogP contribution in [0.25, 0.3) is 11.0 Å². The molecule has 3 aromatic rings. The number of anilines is 1. The minimum absolute atomic E-state index is 0.124. The van der Waals surface area contributed by atoms with Crippen molar-refractivity contribution in [3.05, 3.63) is 54.4 Å². The molecule has 0 fully saturated rings. The van der Waals surface area contributed by atoms with Crippen molar-refractivity contribution in [3.63, 3.8) is 0 Å². The van der Waals surface area contributed by atoms with Crippen molar-refractivity contribution < 1.29 is 0 Å². The van der Waals surface area contributed by atoms with Crippen LogP contribution in [-0.4, -0.2) is 45.3 Å². The third-order valence-electron chi connectivity index (χ3n) is 5.35.